The Balaban J connectivity index is 2.35. The largest absolute Gasteiger partial charge is 0.469 e. The van der Waals surface area contributed by atoms with E-state index in [2.05, 4.69) is 24.4 Å². The van der Waals surface area contributed by atoms with E-state index in [4.69, 9.17) is 4.42 Å². The standard InChI is InChI=1S/C16H19NO2/c1-9-6-10(2)15(11(3)7-9)17-16(18)14-12(4)8-19-13(14)5/h6-8H,1-5H3,(H,17,18). The molecule has 3 nitrogen and oxygen atoms in total. The Bertz CT molecular complexity index is 596. The molecule has 1 heterocycles. The first-order valence-corrected chi connectivity index (χ1v) is 6.34. The van der Waals surface area contributed by atoms with E-state index < -0.39 is 0 Å². The number of carbonyl (C=O) groups excluding carboxylic acids is 1. The molecule has 0 fully saturated rings. The summed E-state index contributed by atoms with van der Waals surface area (Å²) in [5, 5.41) is 2.99. The molecule has 0 aliphatic heterocycles. The van der Waals surface area contributed by atoms with Crippen molar-refractivity contribution in [1.82, 2.24) is 0 Å². The third-order valence-corrected chi connectivity index (χ3v) is 3.30. The maximum atomic E-state index is 12.3. The van der Waals surface area contributed by atoms with Gasteiger partial charge in [-0.25, -0.2) is 0 Å². The number of benzene rings is 1. The summed E-state index contributed by atoms with van der Waals surface area (Å²) < 4.78 is 5.27. The van der Waals surface area contributed by atoms with Gasteiger partial charge in [-0.1, -0.05) is 17.7 Å². The van der Waals surface area contributed by atoms with Gasteiger partial charge in [-0.05, 0) is 45.7 Å². The van der Waals surface area contributed by atoms with Crippen molar-refractivity contribution in [2.24, 2.45) is 0 Å². The van der Waals surface area contributed by atoms with Crippen molar-refractivity contribution in [1.29, 1.82) is 0 Å². The van der Waals surface area contributed by atoms with E-state index in [1.807, 2.05) is 20.8 Å². The molecular formula is C16H19NO2. The molecule has 19 heavy (non-hydrogen) atoms. The van der Waals surface area contributed by atoms with Gasteiger partial charge in [-0.3, -0.25) is 4.79 Å². The van der Waals surface area contributed by atoms with Crippen molar-refractivity contribution < 1.29 is 9.21 Å². The van der Waals surface area contributed by atoms with Gasteiger partial charge in [0.2, 0.25) is 0 Å². The van der Waals surface area contributed by atoms with E-state index in [-0.39, 0.29) is 5.91 Å². The molecule has 0 bridgehead atoms. The van der Waals surface area contributed by atoms with Crippen LogP contribution in [0.2, 0.25) is 0 Å². The van der Waals surface area contributed by atoms with E-state index in [1.165, 1.54) is 5.56 Å². The molecule has 2 aromatic rings. The van der Waals surface area contributed by atoms with Crippen LogP contribution in [0.1, 0.15) is 38.4 Å². The average molecular weight is 257 g/mol. The Hall–Kier alpha value is -2.03. The van der Waals surface area contributed by atoms with Crippen molar-refractivity contribution in [2.45, 2.75) is 34.6 Å². The average Bonchev–Trinajstić information content (AvgIpc) is 2.63. The summed E-state index contributed by atoms with van der Waals surface area (Å²) in [5.41, 5.74) is 5.71. The van der Waals surface area contributed by atoms with Crippen molar-refractivity contribution >= 4 is 11.6 Å². The first-order chi connectivity index (χ1) is 8.90. The number of aryl methyl sites for hydroxylation is 5. The summed E-state index contributed by atoms with van der Waals surface area (Å²) in [4.78, 5) is 12.3. The normalized spacial score (nSPS) is 10.6. The maximum Gasteiger partial charge on any atom is 0.259 e. The number of hydrogen-bond acceptors (Lipinski definition) is 2. The second-order valence-corrected chi connectivity index (χ2v) is 5.08. The third-order valence-electron chi connectivity index (χ3n) is 3.30. The molecule has 1 aromatic carbocycles. The minimum Gasteiger partial charge on any atom is -0.469 e. The summed E-state index contributed by atoms with van der Waals surface area (Å²) in [5.74, 6) is 0.538. The predicted molar refractivity (Wildman–Crippen MR) is 76.8 cm³/mol. The summed E-state index contributed by atoms with van der Waals surface area (Å²) >= 11 is 0. The van der Waals surface area contributed by atoms with Crippen LogP contribution in [0, 0.1) is 34.6 Å². The maximum absolute atomic E-state index is 12.3. The monoisotopic (exact) mass is 257 g/mol. The van der Waals surface area contributed by atoms with Crippen LogP contribution in [0.3, 0.4) is 0 Å². The van der Waals surface area contributed by atoms with Gasteiger partial charge >= 0.3 is 0 Å². The third kappa shape index (κ3) is 2.55. The molecule has 0 aliphatic rings. The molecule has 3 heteroatoms. The number of nitrogens with one attached hydrogen (secondary N) is 1. The molecular weight excluding hydrogens is 238 g/mol. The SMILES string of the molecule is Cc1cc(C)c(NC(=O)c2c(C)coc2C)c(C)c1. The zero-order valence-corrected chi connectivity index (χ0v) is 12.0. The van der Waals surface area contributed by atoms with E-state index in [0.29, 0.717) is 11.3 Å². The van der Waals surface area contributed by atoms with Crippen LogP contribution < -0.4 is 5.32 Å². The number of anilines is 1. The fourth-order valence-electron chi connectivity index (χ4n) is 2.46. The van der Waals surface area contributed by atoms with Gasteiger partial charge in [0.1, 0.15) is 5.76 Å². The van der Waals surface area contributed by atoms with Crippen molar-refractivity contribution in [3.05, 3.63) is 52.0 Å². The second-order valence-electron chi connectivity index (χ2n) is 5.08. The molecule has 100 valence electrons. The number of rotatable bonds is 2. The van der Waals surface area contributed by atoms with E-state index in [0.717, 1.165) is 22.4 Å². The van der Waals surface area contributed by atoms with Gasteiger partial charge in [-0.15, -0.1) is 0 Å². The minimum absolute atomic E-state index is 0.112. The van der Waals surface area contributed by atoms with Gasteiger partial charge in [0.15, 0.2) is 0 Å². The number of furan rings is 1. The molecule has 0 saturated heterocycles. The highest BCUT2D eigenvalue weighted by Gasteiger charge is 2.17. The van der Waals surface area contributed by atoms with Gasteiger partial charge in [0.05, 0.1) is 11.8 Å². The van der Waals surface area contributed by atoms with Crippen LogP contribution in [0.4, 0.5) is 5.69 Å². The number of amides is 1. The zero-order chi connectivity index (χ0) is 14.2. The Morgan fingerprint density at radius 3 is 2.05 bits per heavy atom. The highest BCUT2D eigenvalue weighted by atomic mass is 16.3. The summed E-state index contributed by atoms with van der Waals surface area (Å²) in [7, 11) is 0. The first kappa shape index (κ1) is 13.4. The molecule has 0 aliphatic carbocycles. The zero-order valence-electron chi connectivity index (χ0n) is 12.0. The smallest absolute Gasteiger partial charge is 0.259 e. The van der Waals surface area contributed by atoms with Crippen molar-refractivity contribution in [2.75, 3.05) is 5.32 Å². The quantitative estimate of drug-likeness (QED) is 0.881. The first-order valence-electron chi connectivity index (χ1n) is 6.34. The Labute approximate surface area is 113 Å². The highest BCUT2D eigenvalue weighted by Crippen LogP contribution is 2.24. The van der Waals surface area contributed by atoms with Gasteiger partial charge in [0, 0.05) is 11.3 Å². The fraction of sp³-hybridized carbons (Fsp3) is 0.312. The van der Waals surface area contributed by atoms with E-state index >= 15 is 0 Å². The molecule has 0 atom stereocenters. The predicted octanol–water partition coefficient (Wildman–Crippen LogP) is 4.07. The molecule has 1 amide bonds. The topological polar surface area (TPSA) is 42.2 Å². The summed E-state index contributed by atoms with van der Waals surface area (Å²) in [6.07, 6.45) is 1.61. The number of hydrogen-bond donors (Lipinski definition) is 1. The Morgan fingerprint density at radius 2 is 1.58 bits per heavy atom. The molecule has 0 unspecified atom stereocenters. The van der Waals surface area contributed by atoms with Crippen LogP contribution in [0.15, 0.2) is 22.8 Å². The fourth-order valence-corrected chi connectivity index (χ4v) is 2.46. The van der Waals surface area contributed by atoms with Gasteiger partial charge in [-0.2, -0.15) is 0 Å². The van der Waals surface area contributed by atoms with Gasteiger partial charge in [0.25, 0.3) is 5.91 Å². The molecule has 0 radical (unpaired) electrons. The lowest BCUT2D eigenvalue weighted by Gasteiger charge is -2.13. The Morgan fingerprint density at radius 1 is 1.00 bits per heavy atom. The minimum atomic E-state index is -0.112. The van der Waals surface area contributed by atoms with Crippen LogP contribution in [0.25, 0.3) is 0 Å². The van der Waals surface area contributed by atoms with Crippen LogP contribution in [-0.4, -0.2) is 5.91 Å². The molecule has 1 aromatic heterocycles. The second kappa shape index (κ2) is 4.92. The molecule has 0 spiro atoms. The lowest BCUT2D eigenvalue weighted by atomic mass is 10.0. The molecule has 2 rings (SSSR count). The molecule has 1 N–H and O–H groups in total. The van der Waals surface area contributed by atoms with E-state index in [9.17, 15) is 4.79 Å². The van der Waals surface area contributed by atoms with E-state index in [1.54, 1.807) is 13.2 Å². The summed E-state index contributed by atoms with van der Waals surface area (Å²) in [6.45, 7) is 9.74. The highest BCUT2D eigenvalue weighted by molar-refractivity contribution is 6.06. The number of carbonyl (C=O) groups is 1. The van der Waals surface area contributed by atoms with Crippen molar-refractivity contribution in [3.8, 4) is 0 Å². The lowest BCUT2D eigenvalue weighted by Crippen LogP contribution is -2.15. The van der Waals surface area contributed by atoms with Crippen LogP contribution in [-0.2, 0) is 0 Å². The van der Waals surface area contributed by atoms with Gasteiger partial charge < -0.3 is 9.73 Å². The lowest BCUT2D eigenvalue weighted by molar-refractivity contribution is 0.102. The van der Waals surface area contributed by atoms with Crippen molar-refractivity contribution in [3.63, 3.8) is 0 Å². The van der Waals surface area contributed by atoms with Crippen LogP contribution >= 0.6 is 0 Å². The Kier molecular flexibility index (Phi) is 3.47. The van der Waals surface area contributed by atoms with Crippen LogP contribution in [0.5, 0.6) is 0 Å². The summed E-state index contributed by atoms with van der Waals surface area (Å²) in [6, 6.07) is 4.13. The molecule has 0 saturated carbocycles.